The molecule has 0 aliphatic heterocycles. The Labute approximate surface area is 311 Å². The second-order valence-corrected chi connectivity index (χ2v) is 15.3. The molecule has 0 bridgehead atoms. The molecule has 1 aromatic heterocycles. The topological polar surface area (TPSA) is 0 Å². The van der Waals surface area contributed by atoms with Crippen LogP contribution >= 0.6 is 11.3 Å². The highest BCUT2D eigenvalue weighted by Gasteiger charge is 2.35. The van der Waals surface area contributed by atoms with E-state index in [9.17, 15) is 0 Å². The van der Waals surface area contributed by atoms with E-state index in [2.05, 4.69) is 167 Å². The molecule has 0 N–H and O–H groups in total. The molecule has 0 atom stereocenters. The molecule has 0 unspecified atom stereocenters. The van der Waals surface area contributed by atoms with Crippen molar-refractivity contribution in [3.8, 4) is 0 Å². The van der Waals surface area contributed by atoms with Gasteiger partial charge in [0.1, 0.15) is 0 Å². The smallest absolute Gasteiger partial charge is 0.0361 e. The Morgan fingerprint density at radius 1 is 0.731 bits per heavy atom. The van der Waals surface area contributed by atoms with Crippen molar-refractivity contribution in [2.24, 2.45) is 0 Å². The Balaban J connectivity index is 1.28. The van der Waals surface area contributed by atoms with Crippen molar-refractivity contribution >= 4 is 59.9 Å². The molecular formula is C51H42S. The molecular weight excluding hydrogens is 645 g/mol. The predicted octanol–water partition coefficient (Wildman–Crippen LogP) is 12.5. The Hall–Kier alpha value is -5.76. The van der Waals surface area contributed by atoms with Crippen molar-refractivity contribution in [1.29, 1.82) is 0 Å². The lowest BCUT2D eigenvalue weighted by molar-refractivity contribution is 0.704. The minimum absolute atomic E-state index is 0.135. The summed E-state index contributed by atoms with van der Waals surface area (Å²) in [7, 11) is 0. The van der Waals surface area contributed by atoms with E-state index in [1.165, 1.54) is 69.6 Å². The number of rotatable bonds is 7. The highest BCUT2D eigenvalue weighted by atomic mass is 32.1. The van der Waals surface area contributed by atoms with Crippen LogP contribution in [0.4, 0.5) is 0 Å². The maximum atomic E-state index is 4.80. The molecule has 0 radical (unpaired) electrons. The van der Waals surface area contributed by atoms with E-state index in [0.29, 0.717) is 0 Å². The van der Waals surface area contributed by atoms with E-state index >= 15 is 0 Å². The standard InChI is InChI=1S/C51H42S/c1-6-7-18-34(2)39-20-10-8-9-11-21-40(42-23-14-13-22-41(39)42)37-29-27-36(28-30-37)35(3)44-32-46-43-24-15-17-26-49(43)52-50(46)33-45(44)48-31-38-19-12-16-25-47(38)51(48,4)5/h6-7,10-33H,1-3,8-9H2,4-5H3/b18-7-,20-10+,21-11+,41-39+,42-40+. The van der Waals surface area contributed by atoms with E-state index in [-0.39, 0.29) is 5.41 Å². The molecule has 0 fully saturated rings. The number of allylic oxidation sites excluding steroid dienone is 9. The first-order chi connectivity index (χ1) is 25.3. The van der Waals surface area contributed by atoms with Crippen LogP contribution in [0.3, 0.4) is 0 Å². The number of benzene rings is 5. The molecule has 52 heavy (non-hydrogen) atoms. The summed E-state index contributed by atoms with van der Waals surface area (Å²) in [5.74, 6) is 0. The number of thiophene rings is 1. The zero-order valence-corrected chi connectivity index (χ0v) is 30.8. The SMILES string of the molecule is C=C/C=C\C(=C)C1=c2\cccc\c2=C(c2ccc(C(=C)c3cc4c(cc3C3=Cc5ccccc5C3(C)C)sc3ccccc34)cc2)\C=C\CC\C=C\1. The zero-order chi connectivity index (χ0) is 35.8. The van der Waals surface area contributed by atoms with Gasteiger partial charge in [0.25, 0.3) is 0 Å². The van der Waals surface area contributed by atoms with Crippen molar-refractivity contribution in [1.82, 2.24) is 0 Å². The van der Waals surface area contributed by atoms with Gasteiger partial charge in [-0.3, -0.25) is 0 Å². The summed E-state index contributed by atoms with van der Waals surface area (Å²) in [5, 5.41) is 4.94. The van der Waals surface area contributed by atoms with E-state index in [1.807, 2.05) is 23.5 Å². The summed E-state index contributed by atoms with van der Waals surface area (Å²) < 4.78 is 2.62. The van der Waals surface area contributed by atoms with E-state index in [4.69, 9.17) is 6.58 Å². The van der Waals surface area contributed by atoms with Gasteiger partial charge in [0.2, 0.25) is 0 Å². The van der Waals surface area contributed by atoms with Crippen LogP contribution in [0, 0.1) is 0 Å². The molecule has 6 aromatic rings. The van der Waals surface area contributed by atoms with Gasteiger partial charge in [-0.2, -0.15) is 0 Å². The molecule has 1 heteroatoms. The minimum Gasteiger partial charge on any atom is -0.135 e. The van der Waals surface area contributed by atoms with Gasteiger partial charge in [-0.1, -0.05) is 167 Å². The van der Waals surface area contributed by atoms with Crippen LogP contribution in [0.15, 0.2) is 177 Å². The summed E-state index contributed by atoms with van der Waals surface area (Å²) in [6.07, 6.45) is 19.2. The normalized spacial score (nSPS) is 18.5. The van der Waals surface area contributed by atoms with Crippen LogP contribution in [0.2, 0.25) is 0 Å². The van der Waals surface area contributed by atoms with Gasteiger partial charge in [0.05, 0.1) is 0 Å². The van der Waals surface area contributed by atoms with Gasteiger partial charge in [-0.15, -0.1) is 11.3 Å². The second kappa shape index (κ2) is 13.8. The van der Waals surface area contributed by atoms with Crippen LogP contribution in [0.25, 0.3) is 48.5 Å². The average molecular weight is 687 g/mol. The van der Waals surface area contributed by atoms with E-state index in [0.717, 1.165) is 35.1 Å². The number of hydrogen-bond donors (Lipinski definition) is 0. The monoisotopic (exact) mass is 686 g/mol. The molecule has 0 saturated heterocycles. The van der Waals surface area contributed by atoms with Gasteiger partial charge in [0.15, 0.2) is 0 Å². The lowest BCUT2D eigenvalue weighted by Crippen LogP contribution is -2.29. The van der Waals surface area contributed by atoms with Crippen molar-refractivity contribution in [2.75, 3.05) is 0 Å². The third kappa shape index (κ3) is 5.92. The first kappa shape index (κ1) is 33.4. The first-order valence-electron chi connectivity index (χ1n) is 18.1. The molecule has 2 aliphatic rings. The highest BCUT2D eigenvalue weighted by molar-refractivity contribution is 7.25. The maximum Gasteiger partial charge on any atom is 0.0361 e. The molecule has 0 nitrogen and oxygen atoms in total. The summed E-state index contributed by atoms with van der Waals surface area (Å²) in [5.41, 5.74) is 12.9. The average Bonchev–Trinajstić information content (AvgIpc) is 3.67. The van der Waals surface area contributed by atoms with Gasteiger partial charge in [0, 0.05) is 25.6 Å². The quantitative estimate of drug-likeness (QED) is 0.147. The fourth-order valence-corrected chi connectivity index (χ4v) is 9.00. The third-order valence-electron chi connectivity index (χ3n) is 10.6. The lowest BCUT2D eigenvalue weighted by atomic mass is 9.76. The summed E-state index contributed by atoms with van der Waals surface area (Å²) >= 11 is 1.87. The molecule has 0 spiro atoms. The summed E-state index contributed by atoms with van der Waals surface area (Å²) in [4.78, 5) is 0. The zero-order valence-electron chi connectivity index (χ0n) is 30.0. The number of hydrogen-bond acceptors (Lipinski definition) is 1. The van der Waals surface area contributed by atoms with Crippen LogP contribution in [0.1, 0.15) is 60.1 Å². The largest absolute Gasteiger partial charge is 0.135 e. The molecule has 1 heterocycles. The van der Waals surface area contributed by atoms with Gasteiger partial charge >= 0.3 is 0 Å². The van der Waals surface area contributed by atoms with Crippen molar-refractivity contribution in [3.05, 3.63) is 221 Å². The lowest BCUT2D eigenvalue weighted by Gasteiger charge is -2.27. The van der Waals surface area contributed by atoms with E-state index < -0.39 is 0 Å². The van der Waals surface area contributed by atoms with Crippen molar-refractivity contribution < 1.29 is 0 Å². The van der Waals surface area contributed by atoms with Crippen LogP contribution in [-0.2, 0) is 5.41 Å². The molecule has 8 rings (SSSR count). The van der Waals surface area contributed by atoms with E-state index in [1.54, 1.807) is 6.08 Å². The summed E-state index contributed by atoms with van der Waals surface area (Å²) in [6, 6.07) is 40.1. The van der Waals surface area contributed by atoms with Crippen LogP contribution in [0.5, 0.6) is 0 Å². The molecule has 0 amide bonds. The molecule has 5 aromatic carbocycles. The molecule has 2 aliphatic carbocycles. The van der Waals surface area contributed by atoms with Gasteiger partial charge in [-0.05, 0) is 109 Å². The van der Waals surface area contributed by atoms with Gasteiger partial charge in [-0.25, -0.2) is 0 Å². The third-order valence-corrected chi connectivity index (χ3v) is 11.8. The Kier molecular flexibility index (Phi) is 8.83. The predicted molar refractivity (Wildman–Crippen MR) is 229 cm³/mol. The Morgan fingerprint density at radius 3 is 2.23 bits per heavy atom. The minimum atomic E-state index is -0.135. The van der Waals surface area contributed by atoms with Crippen LogP contribution in [-0.4, -0.2) is 0 Å². The summed E-state index contributed by atoms with van der Waals surface area (Å²) in [6.45, 7) is 17.8. The first-order valence-corrected chi connectivity index (χ1v) is 18.9. The number of fused-ring (bicyclic) bond motifs is 5. The fourth-order valence-electron chi connectivity index (χ4n) is 7.87. The Morgan fingerprint density at radius 2 is 1.44 bits per heavy atom. The second-order valence-electron chi connectivity index (χ2n) is 14.2. The van der Waals surface area contributed by atoms with Crippen LogP contribution < -0.4 is 10.4 Å². The van der Waals surface area contributed by atoms with Crippen molar-refractivity contribution in [3.63, 3.8) is 0 Å². The van der Waals surface area contributed by atoms with Gasteiger partial charge < -0.3 is 0 Å². The van der Waals surface area contributed by atoms with Crippen molar-refractivity contribution in [2.45, 2.75) is 32.1 Å². The highest BCUT2D eigenvalue weighted by Crippen LogP contribution is 2.50. The fraction of sp³-hybridized carbons (Fsp3) is 0.0980. The maximum absolute atomic E-state index is 4.80. The Bertz CT molecular complexity index is 2680. The molecule has 252 valence electrons. The molecule has 0 saturated carbocycles.